The van der Waals surface area contributed by atoms with E-state index in [0.29, 0.717) is 10.6 Å². The molecule has 1 amide bonds. The minimum atomic E-state index is 0.0379. The first-order valence-corrected chi connectivity index (χ1v) is 10.1. The molecule has 3 nitrogen and oxygen atoms in total. The summed E-state index contributed by atoms with van der Waals surface area (Å²) in [6.07, 6.45) is 2.00. The Hall–Kier alpha value is -1.49. The fourth-order valence-corrected chi connectivity index (χ4v) is 3.66. The Labute approximate surface area is 159 Å². The highest BCUT2D eigenvalue weighted by Crippen LogP contribution is 2.24. The van der Waals surface area contributed by atoms with Crippen LogP contribution in [0.4, 0.5) is 0 Å². The maximum absolute atomic E-state index is 12.8. The molecule has 2 aromatic rings. The molecule has 3 rings (SSSR count). The SMILES string of the molecule is CSc1ccc(Cl)c(C(=O)N2CCN(Cc3ccc(C)cc3)CC2)c1. The molecule has 0 aliphatic carbocycles. The molecule has 0 aromatic heterocycles. The number of hydrogen-bond donors (Lipinski definition) is 0. The third-order valence-corrected chi connectivity index (χ3v) is 5.65. The van der Waals surface area contributed by atoms with Gasteiger partial charge in [0.15, 0.2) is 0 Å². The van der Waals surface area contributed by atoms with Gasteiger partial charge in [-0.25, -0.2) is 0 Å². The van der Waals surface area contributed by atoms with Crippen molar-refractivity contribution in [3.8, 4) is 0 Å². The average molecular weight is 375 g/mol. The van der Waals surface area contributed by atoms with Crippen LogP contribution in [-0.4, -0.2) is 48.1 Å². The Bertz CT molecular complexity index is 740. The van der Waals surface area contributed by atoms with E-state index < -0.39 is 0 Å². The van der Waals surface area contributed by atoms with Crippen LogP contribution in [0.25, 0.3) is 0 Å². The summed E-state index contributed by atoms with van der Waals surface area (Å²) < 4.78 is 0. The van der Waals surface area contributed by atoms with Gasteiger partial charge in [-0.05, 0) is 36.9 Å². The molecule has 0 atom stereocenters. The molecule has 0 unspecified atom stereocenters. The third kappa shape index (κ3) is 4.57. The second kappa shape index (κ2) is 8.26. The first-order valence-electron chi connectivity index (χ1n) is 8.47. The van der Waals surface area contributed by atoms with Crippen LogP contribution in [0, 0.1) is 6.92 Å². The van der Waals surface area contributed by atoms with Gasteiger partial charge in [0.25, 0.3) is 5.91 Å². The van der Waals surface area contributed by atoms with Crippen molar-refractivity contribution in [2.75, 3.05) is 32.4 Å². The average Bonchev–Trinajstić information content (AvgIpc) is 2.64. The van der Waals surface area contributed by atoms with Crippen LogP contribution in [0.1, 0.15) is 21.5 Å². The molecular formula is C20H23ClN2OS. The number of nitrogens with zero attached hydrogens (tertiary/aromatic N) is 2. The molecule has 0 spiro atoms. The van der Waals surface area contributed by atoms with Crippen molar-refractivity contribution in [3.63, 3.8) is 0 Å². The minimum absolute atomic E-state index is 0.0379. The van der Waals surface area contributed by atoms with Gasteiger partial charge >= 0.3 is 0 Å². The van der Waals surface area contributed by atoms with Crippen molar-refractivity contribution in [1.82, 2.24) is 9.80 Å². The highest BCUT2D eigenvalue weighted by Gasteiger charge is 2.23. The van der Waals surface area contributed by atoms with Crippen LogP contribution in [0.5, 0.6) is 0 Å². The maximum atomic E-state index is 12.8. The number of rotatable bonds is 4. The molecule has 5 heteroatoms. The van der Waals surface area contributed by atoms with Crippen LogP contribution in [0.2, 0.25) is 5.02 Å². The van der Waals surface area contributed by atoms with E-state index in [4.69, 9.17) is 11.6 Å². The summed E-state index contributed by atoms with van der Waals surface area (Å²) in [4.78, 5) is 18.2. The molecular weight excluding hydrogens is 352 g/mol. The van der Waals surface area contributed by atoms with E-state index in [0.717, 1.165) is 37.6 Å². The van der Waals surface area contributed by atoms with E-state index in [1.165, 1.54) is 11.1 Å². The van der Waals surface area contributed by atoms with Gasteiger partial charge in [-0.2, -0.15) is 0 Å². The van der Waals surface area contributed by atoms with Crippen molar-refractivity contribution < 1.29 is 4.79 Å². The molecule has 25 heavy (non-hydrogen) atoms. The normalized spacial score (nSPS) is 15.4. The van der Waals surface area contributed by atoms with Gasteiger partial charge < -0.3 is 4.90 Å². The molecule has 1 fully saturated rings. The summed E-state index contributed by atoms with van der Waals surface area (Å²) in [5.41, 5.74) is 3.21. The Kier molecular flexibility index (Phi) is 6.05. The second-order valence-electron chi connectivity index (χ2n) is 6.40. The Morgan fingerprint density at radius 2 is 1.76 bits per heavy atom. The lowest BCUT2D eigenvalue weighted by Gasteiger charge is -2.35. The number of aryl methyl sites for hydroxylation is 1. The molecule has 1 aliphatic rings. The second-order valence-corrected chi connectivity index (χ2v) is 7.69. The lowest BCUT2D eigenvalue weighted by molar-refractivity contribution is 0.0628. The topological polar surface area (TPSA) is 23.6 Å². The molecule has 2 aromatic carbocycles. The fourth-order valence-electron chi connectivity index (χ4n) is 3.03. The van der Waals surface area contributed by atoms with Crippen molar-refractivity contribution in [2.24, 2.45) is 0 Å². The van der Waals surface area contributed by atoms with Gasteiger partial charge in [-0.15, -0.1) is 11.8 Å². The smallest absolute Gasteiger partial charge is 0.255 e. The molecule has 1 saturated heterocycles. The first-order chi connectivity index (χ1) is 12.1. The first kappa shape index (κ1) is 18.3. The Morgan fingerprint density at radius 1 is 1.08 bits per heavy atom. The highest BCUT2D eigenvalue weighted by molar-refractivity contribution is 7.98. The van der Waals surface area contributed by atoms with Gasteiger partial charge in [0.2, 0.25) is 0 Å². The predicted octanol–water partition coefficient (Wildman–Crippen LogP) is 4.33. The van der Waals surface area contributed by atoms with E-state index in [9.17, 15) is 4.79 Å². The Morgan fingerprint density at radius 3 is 2.40 bits per heavy atom. The molecule has 132 valence electrons. The quantitative estimate of drug-likeness (QED) is 0.744. The number of carbonyl (C=O) groups is 1. The van der Waals surface area contributed by atoms with Gasteiger partial charge in [0.1, 0.15) is 0 Å². The van der Waals surface area contributed by atoms with Crippen LogP contribution in [0.3, 0.4) is 0 Å². The molecule has 0 N–H and O–H groups in total. The van der Waals surface area contributed by atoms with Gasteiger partial charge in [-0.1, -0.05) is 41.4 Å². The van der Waals surface area contributed by atoms with Gasteiger partial charge in [0.05, 0.1) is 10.6 Å². The highest BCUT2D eigenvalue weighted by atomic mass is 35.5. The van der Waals surface area contributed by atoms with Crippen molar-refractivity contribution >= 4 is 29.3 Å². The van der Waals surface area contributed by atoms with Crippen LogP contribution in [0.15, 0.2) is 47.4 Å². The van der Waals surface area contributed by atoms with E-state index in [-0.39, 0.29) is 5.91 Å². The van der Waals surface area contributed by atoms with Crippen LogP contribution in [-0.2, 0) is 6.54 Å². The zero-order valence-corrected chi connectivity index (χ0v) is 16.2. The van der Waals surface area contributed by atoms with E-state index >= 15 is 0 Å². The zero-order valence-electron chi connectivity index (χ0n) is 14.7. The van der Waals surface area contributed by atoms with E-state index in [1.807, 2.05) is 29.4 Å². The summed E-state index contributed by atoms with van der Waals surface area (Å²) in [5, 5.41) is 0.532. The molecule has 0 radical (unpaired) electrons. The Balaban J connectivity index is 1.60. The lowest BCUT2D eigenvalue weighted by Crippen LogP contribution is -2.48. The van der Waals surface area contributed by atoms with Crippen molar-refractivity contribution in [1.29, 1.82) is 0 Å². The number of amides is 1. The van der Waals surface area contributed by atoms with Gasteiger partial charge in [-0.3, -0.25) is 9.69 Å². The van der Waals surface area contributed by atoms with Gasteiger partial charge in [0, 0.05) is 37.6 Å². The van der Waals surface area contributed by atoms with Crippen molar-refractivity contribution in [2.45, 2.75) is 18.4 Å². The van der Waals surface area contributed by atoms with Crippen molar-refractivity contribution in [3.05, 3.63) is 64.2 Å². The molecule has 0 bridgehead atoms. The lowest BCUT2D eigenvalue weighted by atomic mass is 10.1. The molecule has 1 aliphatic heterocycles. The summed E-state index contributed by atoms with van der Waals surface area (Å²) in [6, 6.07) is 14.3. The van der Waals surface area contributed by atoms with E-state index in [2.05, 4.69) is 36.1 Å². The maximum Gasteiger partial charge on any atom is 0.255 e. The largest absolute Gasteiger partial charge is 0.336 e. The van der Waals surface area contributed by atoms with E-state index in [1.54, 1.807) is 11.8 Å². The number of carbonyl (C=O) groups excluding carboxylic acids is 1. The fraction of sp³-hybridized carbons (Fsp3) is 0.350. The predicted molar refractivity (Wildman–Crippen MR) is 106 cm³/mol. The van der Waals surface area contributed by atoms with Crippen LogP contribution < -0.4 is 0 Å². The third-order valence-electron chi connectivity index (χ3n) is 4.59. The van der Waals surface area contributed by atoms with Crippen LogP contribution >= 0.6 is 23.4 Å². The number of piperazine rings is 1. The monoisotopic (exact) mass is 374 g/mol. The molecule has 1 heterocycles. The minimum Gasteiger partial charge on any atom is -0.336 e. The summed E-state index contributed by atoms with van der Waals surface area (Å²) in [6.45, 7) is 6.30. The summed E-state index contributed by atoms with van der Waals surface area (Å²) >= 11 is 7.87. The standard InChI is InChI=1S/C20H23ClN2OS/c1-15-3-5-16(6-4-15)14-22-9-11-23(12-10-22)20(24)18-13-17(25-2)7-8-19(18)21/h3-8,13H,9-12,14H2,1-2H3. The number of benzene rings is 2. The number of hydrogen-bond acceptors (Lipinski definition) is 3. The zero-order chi connectivity index (χ0) is 17.8. The summed E-state index contributed by atoms with van der Waals surface area (Å²) in [7, 11) is 0. The number of halogens is 1. The number of thioether (sulfide) groups is 1. The summed E-state index contributed by atoms with van der Waals surface area (Å²) in [5.74, 6) is 0.0379. The molecule has 0 saturated carbocycles.